The molecule has 0 bridgehead atoms. The molecule has 16 nitrogen and oxygen atoms in total. The topological polar surface area (TPSA) is 266 Å². The molecule has 0 spiro atoms. The Kier molecular flexibility index (Phi) is 10.2. The zero-order valence-corrected chi connectivity index (χ0v) is 24.7. The summed E-state index contributed by atoms with van der Waals surface area (Å²) in [6.45, 7) is -1.71. The Morgan fingerprint density at radius 3 is 2.33 bits per heavy atom. The van der Waals surface area contributed by atoms with Crippen LogP contribution in [0, 0.1) is 0 Å². The summed E-state index contributed by atoms with van der Waals surface area (Å²) in [5.41, 5.74) is -0.555. The first-order valence-corrected chi connectivity index (χ1v) is 14.2. The number of phenolic OH excluding ortho intramolecular Hbond substituents is 5. The third kappa shape index (κ3) is 7.19. The van der Waals surface area contributed by atoms with Gasteiger partial charge in [0.25, 0.3) is 0 Å². The third-order valence-electron chi connectivity index (χ3n) is 7.31. The molecule has 0 radical (unpaired) electrons. The molecular formula is C32H30O16. The summed E-state index contributed by atoms with van der Waals surface area (Å²) in [4.78, 5) is 36.0. The number of phenols is 5. The van der Waals surface area contributed by atoms with Crippen LogP contribution >= 0.6 is 0 Å². The van der Waals surface area contributed by atoms with E-state index >= 15 is 0 Å². The number of benzene rings is 3. The maximum Gasteiger partial charge on any atom is 0.232 e. The van der Waals surface area contributed by atoms with Crippen LogP contribution < -0.4 is 10.3 Å². The summed E-state index contributed by atoms with van der Waals surface area (Å²) in [5, 5.41) is 88.9. The van der Waals surface area contributed by atoms with Gasteiger partial charge in [-0.2, -0.15) is 4.89 Å². The van der Waals surface area contributed by atoms with Crippen molar-refractivity contribution in [1.29, 1.82) is 0 Å². The van der Waals surface area contributed by atoms with Crippen molar-refractivity contribution in [1.82, 2.24) is 0 Å². The second-order valence-corrected chi connectivity index (χ2v) is 10.7. The van der Waals surface area contributed by atoms with Crippen molar-refractivity contribution in [3.05, 3.63) is 76.0 Å². The third-order valence-corrected chi connectivity index (χ3v) is 7.31. The van der Waals surface area contributed by atoms with Gasteiger partial charge in [-0.25, -0.2) is 0 Å². The van der Waals surface area contributed by atoms with Crippen LogP contribution in [0.5, 0.6) is 34.5 Å². The molecule has 5 unspecified atom stereocenters. The molecule has 16 heteroatoms. The Balaban J connectivity index is 1.27. The highest BCUT2D eigenvalue weighted by Gasteiger charge is 2.45. The first kappa shape index (κ1) is 34.1. The summed E-state index contributed by atoms with van der Waals surface area (Å²) in [6, 6.07) is 9.59. The van der Waals surface area contributed by atoms with E-state index in [1.165, 1.54) is 30.3 Å². The zero-order valence-electron chi connectivity index (χ0n) is 24.7. The number of ether oxygens (including phenoxy) is 2. The zero-order chi connectivity index (χ0) is 34.7. The molecule has 48 heavy (non-hydrogen) atoms. The molecule has 1 aliphatic heterocycles. The van der Waals surface area contributed by atoms with Crippen molar-refractivity contribution in [2.45, 2.75) is 37.3 Å². The maximum absolute atomic E-state index is 13.4. The van der Waals surface area contributed by atoms with E-state index < -0.39 is 84.7 Å². The highest BCUT2D eigenvalue weighted by atomic mass is 17.2. The molecule has 0 amide bonds. The van der Waals surface area contributed by atoms with E-state index in [1.54, 1.807) is 0 Å². The number of aliphatic hydroxyl groups excluding tert-OH is 4. The Bertz CT molecular complexity index is 1900. The summed E-state index contributed by atoms with van der Waals surface area (Å²) < 4.78 is 16.5. The van der Waals surface area contributed by atoms with Crippen LogP contribution in [0.4, 0.5) is 0 Å². The SMILES string of the molecule is O=C(C=Cc1ccc(O)c(OOC2OC(CO)C(O)C(O)C2O)c1)COCc1c(-c2ccc(O)c(O)c2)oc2cc(O)cc(O)c2c1=O. The smallest absolute Gasteiger partial charge is 0.232 e. The first-order chi connectivity index (χ1) is 22.9. The van der Waals surface area contributed by atoms with E-state index in [1.807, 2.05) is 0 Å². The lowest BCUT2D eigenvalue weighted by Gasteiger charge is -2.38. The minimum absolute atomic E-state index is 0.113. The summed E-state index contributed by atoms with van der Waals surface area (Å²) in [6.07, 6.45) is -5.51. The monoisotopic (exact) mass is 670 g/mol. The maximum atomic E-state index is 13.4. The lowest BCUT2D eigenvalue weighted by molar-refractivity contribution is -0.387. The van der Waals surface area contributed by atoms with Gasteiger partial charge < -0.3 is 64.7 Å². The van der Waals surface area contributed by atoms with Gasteiger partial charge >= 0.3 is 0 Å². The quantitative estimate of drug-likeness (QED) is 0.0464. The molecule has 1 fully saturated rings. The molecule has 1 aliphatic rings. The number of carbonyl (C=O) groups excluding carboxylic acids is 1. The van der Waals surface area contributed by atoms with Crippen LogP contribution in [0.3, 0.4) is 0 Å². The molecule has 1 saturated heterocycles. The van der Waals surface area contributed by atoms with E-state index in [0.29, 0.717) is 5.56 Å². The number of rotatable bonds is 11. The lowest BCUT2D eigenvalue weighted by atomic mass is 9.99. The number of carbonyl (C=O) groups is 1. The van der Waals surface area contributed by atoms with Crippen molar-refractivity contribution in [2.24, 2.45) is 0 Å². The van der Waals surface area contributed by atoms with E-state index in [4.69, 9.17) is 23.7 Å². The summed E-state index contributed by atoms with van der Waals surface area (Å²) in [5.74, 6) is -3.23. The average Bonchev–Trinajstić information content (AvgIpc) is 3.05. The van der Waals surface area contributed by atoms with Crippen LogP contribution in [0.15, 0.2) is 63.8 Å². The van der Waals surface area contributed by atoms with Crippen LogP contribution in [0.2, 0.25) is 0 Å². The van der Waals surface area contributed by atoms with Gasteiger partial charge in [-0.1, -0.05) is 12.1 Å². The van der Waals surface area contributed by atoms with Crippen molar-refractivity contribution in [2.75, 3.05) is 13.2 Å². The van der Waals surface area contributed by atoms with E-state index in [0.717, 1.165) is 30.3 Å². The summed E-state index contributed by atoms with van der Waals surface area (Å²) in [7, 11) is 0. The Hall–Kier alpha value is -5.20. The van der Waals surface area contributed by atoms with Crippen LogP contribution in [0.25, 0.3) is 28.4 Å². The average molecular weight is 671 g/mol. The predicted octanol–water partition coefficient (Wildman–Crippen LogP) is 0.897. The molecule has 1 aromatic heterocycles. The van der Waals surface area contributed by atoms with Crippen molar-refractivity contribution in [3.63, 3.8) is 0 Å². The van der Waals surface area contributed by atoms with Gasteiger partial charge in [0.1, 0.15) is 59.3 Å². The van der Waals surface area contributed by atoms with Gasteiger partial charge in [0.15, 0.2) is 23.0 Å². The summed E-state index contributed by atoms with van der Waals surface area (Å²) >= 11 is 0. The number of aliphatic hydroxyl groups is 4. The molecule has 4 aromatic rings. The standard InChI is InChI=1S/C32H30O16/c33-11-25-28(41)29(42)30(43)32(46-25)48-47-23-7-14(2-5-20(23)37)1-4-16(34)12-44-13-18-27(40)26-22(39)9-17(35)10-24(26)45-31(18)15-3-6-19(36)21(38)8-15/h1-10,25,28-30,32-33,35-39,41-43H,11-13H2. The minimum Gasteiger partial charge on any atom is -0.508 e. The van der Waals surface area contributed by atoms with E-state index in [2.05, 4.69) is 0 Å². The second-order valence-electron chi connectivity index (χ2n) is 10.7. The first-order valence-electron chi connectivity index (χ1n) is 14.2. The number of hydrogen-bond acceptors (Lipinski definition) is 16. The fourth-order valence-corrected chi connectivity index (χ4v) is 4.79. The second kappa shape index (κ2) is 14.3. The molecule has 0 aliphatic carbocycles. The largest absolute Gasteiger partial charge is 0.508 e. The van der Waals surface area contributed by atoms with Gasteiger partial charge in [-0.3, -0.25) is 9.59 Å². The van der Waals surface area contributed by atoms with Crippen molar-refractivity contribution < 1.29 is 74.4 Å². The fraction of sp³-hybridized carbons (Fsp3) is 0.250. The number of aromatic hydroxyl groups is 5. The fourth-order valence-electron chi connectivity index (χ4n) is 4.79. The molecule has 5 atom stereocenters. The van der Waals surface area contributed by atoms with Crippen molar-refractivity contribution >= 4 is 22.8 Å². The predicted molar refractivity (Wildman–Crippen MR) is 162 cm³/mol. The lowest BCUT2D eigenvalue weighted by Crippen LogP contribution is -2.59. The number of hydrogen-bond donors (Lipinski definition) is 9. The Morgan fingerprint density at radius 2 is 1.60 bits per heavy atom. The van der Waals surface area contributed by atoms with Gasteiger partial charge in [0.2, 0.25) is 17.5 Å². The normalized spacial score (nSPS) is 21.1. The van der Waals surface area contributed by atoms with Gasteiger partial charge in [0.05, 0.1) is 18.8 Å². The molecule has 9 N–H and O–H groups in total. The molecule has 254 valence electrons. The van der Waals surface area contributed by atoms with Crippen LogP contribution in [-0.2, 0) is 25.8 Å². The number of fused-ring (bicyclic) bond motifs is 1. The molecule has 3 aromatic carbocycles. The van der Waals surface area contributed by atoms with Crippen LogP contribution in [-0.4, -0.2) is 95.7 Å². The molecule has 0 saturated carbocycles. The molecular weight excluding hydrogens is 640 g/mol. The highest BCUT2D eigenvalue weighted by Crippen LogP contribution is 2.36. The van der Waals surface area contributed by atoms with Gasteiger partial charge in [0, 0.05) is 17.7 Å². The van der Waals surface area contributed by atoms with Gasteiger partial charge in [-0.05, 0) is 42.0 Å². The minimum atomic E-state index is -1.75. The number of ketones is 1. The van der Waals surface area contributed by atoms with E-state index in [9.17, 15) is 55.5 Å². The Labute approximate surface area is 269 Å². The van der Waals surface area contributed by atoms with E-state index in [-0.39, 0.29) is 39.4 Å². The van der Waals surface area contributed by atoms with Crippen LogP contribution in [0.1, 0.15) is 11.1 Å². The molecule has 2 heterocycles. The highest BCUT2D eigenvalue weighted by molar-refractivity contribution is 5.94. The van der Waals surface area contributed by atoms with Crippen molar-refractivity contribution in [3.8, 4) is 45.8 Å². The Morgan fingerprint density at radius 1 is 0.854 bits per heavy atom. The van der Waals surface area contributed by atoms with Gasteiger partial charge in [-0.15, -0.1) is 0 Å². The molecule has 5 rings (SSSR count).